The average molecular weight is 305 g/mol. The lowest BCUT2D eigenvalue weighted by atomic mass is 10.2. The maximum absolute atomic E-state index is 10.6. The summed E-state index contributed by atoms with van der Waals surface area (Å²) in [6.45, 7) is 3.58. The molecule has 0 heterocycles. The monoisotopic (exact) mass is 305 g/mol. The lowest BCUT2D eigenvalue weighted by Crippen LogP contribution is -2.25. The number of hydrogen-bond acceptors (Lipinski definition) is 2. The van der Waals surface area contributed by atoms with Crippen LogP contribution in [0.4, 0.5) is 5.69 Å². The highest BCUT2D eigenvalue weighted by Crippen LogP contribution is 2.18. The first-order chi connectivity index (χ1) is 6.50. The zero-order valence-corrected chi connectivity index (χ0v) is 10.2. The average Bonchev–Trinajstić information content (AvgIpc) is 2.09. The second-order valence-electron chi connectivity index (χ2n) is 3.16. The molecule has 2 N–H and O–H groups in total. The molecular formula is C10H12INO2. The highest BCUT2D eigenvalue weighted by atomic mass is 127. The molecule has 0 aliphatic carbocycles. The van der Waals surface area contributed by atoms with Gasteiger partial charge in [-0.25, -0.2) is 0 Å². The molecule has 0 aliphatic rings. The second-order valence-corrected chi connectivity index (χ2v) is 4.41. The van der Waals surface area contributed by atoms with Crippen molar-refractivity contribution in [1.29, 1.82) is 0 Å². The molecule has 1 rings (SSSR count). The Bertz CT molecular complexity index is 352. The van der Waals surface area contributed by atoms with E-state index in [2.05, 4.69) is 27.9 Å². The van der Waals surface area contributed by atoms with E-state index in [1.807, 2.05) is 25.1 Å². The van der Waals surface area contributed by atoms with Gasteiger partial charge in [0.25, 0.3) is 0 Å². The van der Waals surface area contributed by atoms with E-state index in [-0.39, 0.29) is 0 Å². The number of rotatable bonds is 3. The first kappa shape index (κ1) is 11.3. The zero-order chi connectivity index (χ0) is 10.7. The van der Waals surface area contributed by atoms with E-state index in [4.69, 9.17) is 5.11 Å². The summed E-state index contributed by atoms with van der Waals surface area (Å²) >= 11 is 2.23. The molecule has 0 bridgehead atoms. The summed E-state index contributed by atoms with van der Waals surface area (Å²) in [5.74, 6) is -0.844. The first-order valence-corrected chi connectivity index (χ1v) is 5.34. The molecule has 0 saturated heterocycles. The van der Waals surface area contributed by atoms with Crippen LogP contribution >= 0.6 is 22.6 Å². The van der Waals surface area contributed by atoms with Crippen molar-refractivity contribution in [1.82, 2.24) is 0 Å². The van der Waals surface area contributed by atoms with E-state index in [0.29, 0.717) is 0 Å². The van der Waals surface area contributed by atoms with Crippen molar-refractivity contribution in [2.24, 2.45) is 0 Å². The second kappa shape index (κ2) is 4.63. The van der Waals surface area contributed by atoms with Crippen molar-refractivity contribution in [2.75, 3.05) is 5.32 Å². The summed E-state index contributed by atoms with van der Waals surface area (Å²) in [7, 11) is 0. The van der Waals surface area contributed by atoms with Crippen LogP contribution in [-0.4, -0.2) is 17.1 Å². The summed E-state index contributed by atoms with van der Waals surface area (Å²) in [4.78, 5) is 10.6. The molecule has 0 spiro atoms. The number of halogens is 1. The molecular weight excluding hydrogens is 293 g/mol. The normalized spacial score (nSPS) is 12.2. The molecule has 0 aliphatic heterocycles. The first-order valence-electron chi connectivity index (χ1n) is 4.26. The van der Waals surface area contributed by atoms with Gasteiger partial charge in [0, 0.05) is 9.26 Å². The van der Waals surface area contributed by atoms with Crippen LogP contribution in [0.3, 0.4) is 0 Å². The van der Waals surface area contributed by atoms with E-state index >= 15 is 0 Å². The number of carbonyl (C=O) groups is 1. The maximum Gasteiger partial charge on any atom is 0.325 e. The lowest BCUT2D eigenvalue weighted by molar-refractivity contribution is -0.137. The molecule has 0 radical (unpaired) electrons. The number of carboxylic acids is 1. The third-order valence-corrected chi connectivity index (χ3v) is 2.60. The van der Waals surface area contributed by atoms with Crippen LogP contribution in [-0.2, 0) is 4.79 Å². The number of anilines is 1. The van der Waals surface area contributed by atoms with Gasteiger partial charge in [-0.2, -0.15) is 0 Å². The molecule has 0 amide bonds. The minimum atomic E-state index is -0.844. The molecule has 14 heavy (non-hydrogen) atoms. The molecule has 76 valence electrons. The van der Waals surface area contributed by atoms with Crippen LogP contribution in [0.25, 0.3) is 0 Å². The predicted octanol–water partition coefficient (Wildman–Crippen LogP) is 2.48. The van der Waals surface area contributed by atoms with Crippen LogP contribution in [0.5, 0.6) is 0 Å². The van der Waals surface area contributed by atoms with Gasteiger partial charge >= 0.3 is 5.97 Å². The number of aliphatic carboxylic acids is 1. The van der Waals surface area contributed by atoms with Crippen LogP contribution < -0.4 is 5.32 Å². The van der Waals surface area contributed by atoms with E-state index in [9.17, 15) is 4.79 Å². The van der Waals surface area contributed by atoms with Crippen LogP contribution in [0.1, 0.15) is 12.5 Å². The molecule has 1 unspecified atom stereocenters. The fourth-order valence-corrected chi connectivity index (χ4v) is 1.73. The van der Waals surface area contributed by atoms with Gasteiger partial charge < -0.3 is 10.4 Å². The molecule has 1 atom stereocenters. The standard InChI is InChI=1S/C10H12INO2/c1-6-5-8(11)3-4-9(6)12-7(2)10(13)14/h3-5,7,12H,1-2H3,(H,13,14). The fourth-order valence-electron chi connectivity index (χ4n) is 1.08. The third kappa shape index (κ3) is 2.87. The molecule has 0 fully saturated rings. The Morgan fingerprint density at radius 3 is 2.71 bits per heavy atom. The number of aryl methyl sites for hydroxylation is 1. The van der Waals surface area contributed by atoms with Crippen molar-refractivity contribution >= 4 is 34.2 Å². The van der Waals surface area contributed by atoms with Gasteiger partial charge in [-0.3, -0.25) is 4.79 Å². The molecule has 4 heteroatoms. The third-order valence-electron chi connectivity index (χ3n) is 1.93. The summed E-state index contributed by atoms with van der Waals surface area (Å²) < 4.78 is 1.15. The van der Waals surface area contributed by atoms with Crippen molar-refractivity contribution < 1.29 is 9.90 Å². The summed E-state index contributed by atoms with van der Waals surface area (Å²) in [6.07, 6.45) is 0. The molecule has 0 saturated carbocycles. The van der Waals surface area contributed by atoms with Crippen LogP contribution in [0.15, 0.2) is 18.2 Å². The number of benzene rings is 1. The van der Waals surface area contributed by atoms with Crippen LogP contribution in [0.2, 0.25) is 0 Å². The number of hydrogen-bond donors (Lipinski definition) is 2. The fraction of sp³-hybridized carbons (Fsp3) is 0.300. The molecule has 3 nitrogen and oxygen atoms in total. The Morgan fingerprint density at radius 1 is 1.57 bits per heavy atom. The predicted molar refractivity (Wildman–Crippen MR) is 64.6 cm³/mol. The Labute approximate surface area is 96.7 Å². The van der Waals surface area contributed by atoms with Crippen molar-refractivity contribution in [3.8, 4) is 0 Å². The largest absolute Gasteiger partial charge is 0.480 e. The van der Waals surface area contributed by atoms with E-state index in [1.165, 1.54) is 0 Å². The Balaban J connectivity index is 2.82. The van der Waals surface area contributed by atoms with E-state index in [1.54, 1.807) is 6.92 Å². The van der Waals surface area contributed by atoms with Gasteiger partial charge in [0.2, 0.25) is 0 Å². The zero-order valence-electron chi connectivity index (χ0n) is 8.04. The van der Waals surface area contributed by atoms with Gasteiger partial charge in [-0.15, -0.1) is 0 Å². The highest BCUT2D eigenvalue weighted by molar-refractivity contribution is 14.1. The number of nitrogens with one attached hydrogen (secondary N) is 1. The van der Waals surface area contributed by atoms with Gasteiger partial charge in [0.15, 0.2) is 0 Å². The summed E-state index contributed by atoms with van der Waals surface area (Å²) in [5.41, 5.74) is 1.94. The Morgan fingerprint density at radius 2 is 2.21 bits per heavy atom. The van der Waals surface area contributed by atoms with Gasteiger partial charge in [-0.05, 0) is 60.2 Å². The molecule has 1 aromatic carbocycles. The van der Waals surface area contributed by atoms with E-state index in [0.717, 1.165) is 14.8 Å². The van der Waals surface area contributed by atoms with Gasteiger partial charge in [0.1, 0.15) is 6.04 Å². The van der Waals surface area contributed by atoms with Crippen molar-refractivity contribution in [3.05, 3.63) is 27.3 Å². The molecule has 1 aromatic rings. The Hall–Kier alpha value is -0.780. The Kier molecular flexibility index (Phi) is 3.74. The maximum atomic E-state index is 10.6. The SMILES string of the molecule is Cc1cc(I)ccc1NC(C)C(=O)O. The quantitative estimate of drug-likeness (QED) is 0.844. The highest BCUT2D eigenvalue weighted by Gasteiger charge is 2.10. The van der Waals surface area contributed by atoms with Gasteiger partial charge in [0.05, 0.1) is 0 Å². The smallest absolute Gasteiger partial charge is 0.325 e. The van der Waals surface area contributed by atoms with Gasteiger partial charge in [-0.1, -0.05) is 0 Å². The summed E-state index contributed by atoms with van der Waals surface area (Å²) in [6, 6.07) is 5.30. The number of carboxylic acid groups (broad SMARTS) is 1. The molecule has 0 aromatic heterocycles. The minimum absolute atomic E-state index is 0.561. The van der Waals surface area contributed by atoms with Crippen molar-refractivity contribution in [3.63, 3.8) is 0 Å². The topological polar surface area (TPSA) is 49.3 Å². The lowest BCUT2D eigenvalue weighted by Gasteiger charge is -2.13. The van der Waals surface area contributed by atoms with E-state index < -0.39 is 12.0 Å². The summed E-state index contributed by atoms with van der Waals surface area (Å²) in [5, 5.41) is 11.7. The van der Waals surface area contributed by atoms with Crippen molar-refractivity contribution in [2.45, 2.75) is 19.9 Å². The van der Waals surface area contributed by atoms with Crippen LogP contribution in [0, 0.1) is 10.5 Å². The minimum Gasteiger partial charge on any atom is -0.480 e.